The third kappa shape index (κ3) is 29.6. The van der Waals surface area contributed by atoms with Gasteiger partial charge < -0.3 is 116 Å². The Hall–Kier alpha value is -3.30. The maximum atomic E-state index is 11.3. The van der Waals surface area contributed by atoms with Crippen LogP contribution in [0.25, 0.3) is 0 Å². The number of carbonyl (C=O) groups excluding carboxylic acids is 1. The monoisotopic (exact) mass is 1570 g/mol. The SMILES string of the molecule is COC1OC(CBr)[C@@H](C)[C@H](OC2CCCCO2)[C@H]1OC1CCCCO1.COCOc1cccc(OCCOc2ccccc2[N+](=O)[O-])c1O.COCOc1cccc(OCCOc2ccccc2[N+](=O)[O-])c1OCC1OC(OC)[C@H](OC2CCCCO2)[C@@H](OC2CCCCO2)[C@@H]1C.O=CO[O-].[H-].[K+].[K+]. The van der Waals surface area contributed by atoms with Gasteiger partial charge in [0.05, 0.1) is 34.3 Å². The van der Waals surface area contributed by atoms with E-state index in [1.165, 1.54) is 32.4 Å². The number of methoxy groups -OCH3 is 4. The molecule has 6 heterocycles. The van der Waals surface area contributed by atoms with Crippen molar-refractivity contribution in [2.45, 2.75) is 165 Å². The fourth-order valence-electron chi connectivity index (χ4n) is 11.6. The molecule has 6 saturated heterocycles. The van der Waals surface area contributed by atoms with Gasteiger partial charge in [-0.2, -0.15) is 0 Å². The van der Waals surface area contributed by atoms with Crippen LogP contribution in [-0.4, -0.2) is 203 Å². The topological polar surface area (TPSA) is 350 Å². The Morgan fingerprint density at radius 2 is 0.835 bits per heavy atom. The van der Waals surface area contributed by atoms with Crippen LogP contribution < -0.4 is 141 Å². The molecule has 0 saturated carbocycles. The zero-order chi connectivity index (χ0) is 72.1. The zero-order valence-corrected chi connectivity index (χ0v) is 67.7. The van der Waals surface area contributed by atoms with Crippen molar-refractivity contribution in [1.82, 2.24) is 0 Å². The number of benzene rings is 4. The Kier molecular flexibility index (Phi) is 44.9. The average molecular weight is 1580 g/mol. The summed E-state index contributed by atoms with van der Waals surface area (Å²) in [6, 6.07) is 22.3. The summed E-state index contributed by atoms with van der Waals surface area (Å²) < 4.78 is 123. The minimum absolute atomic E-state index is 0. The molecular formula is C69H97BrK2N2O29. The summed E-state index contributed by atoms with van der Waals surface area (Å²) in [4.78, 5) is 32.5. The van der Waals surface area contributed by atoms with Crippen molar-refractivity contribution in [2.24, 2.45) is 11.8 Å². The van der Waals surface area contributed by atoms with Crippen molar-refractivity contribution in [1.29, 1.82) is 0 Å². The molecule has 14 atom stereocenters. The van der Waals surface area contributed by atoms with Gasteiger partial charge in [0.25, 0.3) is 6.47 Å². The van der Waals surface area contributed by atoms with Gasteiger partial charge >= 0.3 is 114 Å². The summed E-state index contributed by atoms with van der Waals surface area (Å²) in [7, 11) is 6.23. The van der Waals surface area contributed by atoms with Gasteiger partial charge in [-0.25, -0.2) is 0 Å². The number of ether oxygens (including phenoxy) is 21. The van der Waals surface area contributed by atoms with Gasteiger partial charge in [-0.05, 0) is 113 Å². The molecule has 31 nitrogen and oxygen atoms in total. The van der Waals surface area contributed by atoms with Crippen molar-refractivity contribution < 1.29 is 234 Å². The Labute approximate surface area is 695 Å². The van der Waals surface area contributed by atoms with Crippen LogP contribution in [0.5, 0.6) is 46.0 Å². The van der Waals surface area contributed by atoms with Crippen LogP contribution in [0.2, 0.25) is 0 Å². The van der Waals surface area contributed by atoms with Gasteiger partial charge in [0.1, 0.15) is 45.2 Å². The van der Waals surface area contributed by atoms with E-state index < -0.39 is 40.7 Å². The maximum absolute atomic E-state index is 11.3. The van der Waals surface area contributed by atoms with Crippen molar-refractivity contribution in [2.75, 3.05) is 107 Å². The van der Waals surface area contributed by atoms with Crippen molar-refractivity contribution in [3.63, 3.8) is 0 Å². The van der Waals surface area contributed by atoms with Crippen LogP contribution in [0.15, 0.2) is 84.9 Å². The first-order valence-corrected chi connectivity index (χ1v) is 34.9. The van der Waals surface area contributed by atoms with Crippen molar-refractivity contribution in [3.8, 4) is 46.0 Å². The number of aromatic hydroxyl groups is 1. The second-order valence-corrected chi connectivity index (χ2v) is 24.3. The molecule has 4 aromatic carbocycles. The molecule has 34 heteroatoms. The molecule has 8 unspecified atom stereocenters. The normalized spacial score (nSPS) is 25.9. The van der Waals surface area contributed by atoms with E-state index in [-0.39, 0.29) is 253 Å². The van der Waals surface area contributed by atoms with Gasteiger partial charge in [0, 0.05) is 84.2 Å². The summed E-state index contributed by atoms with van der Waals surface area (Å²) in [6.45, 7) is 7.19. The van der Waals surface area contributed by atoms with E-state index >= 15 is 0 Å². The molecule has 103 heavy (non-hydrogen) atoms. The van der Waals surface area contributed by atoms with Gasteiger partial charge in [-0.1, -0.05) is 66.2 Å². The summed E-state index contributed by atoms with van der Waals surface area (Å²) in [5.74, 6) is 1.71. The number of alkyl halides is 1. The molecule has 0 spiro atoms. The smallest absolute Gasteiger partial charge is 1.00 e. The van der Waals surface area contributed by atoms with Crippen LogP contribution in [0.1, 0.15) is 92.3 Å². The minimum Gasteiger partial charge on any atom is -1.00 e. The van der Waals surface area contributed by atoms with Crippen molar-refractivity contribution >= 4 is 33.8 Å². The van der Waals surface area contributed by atoms with E-state index in [9.17, 15) is 25.3 Å². The van der Waals surface area contributed by atoms with Crippen LogP contribution in [0.4, 0.5) is 11.4 Å². The van der Waals surface area contributed by atoms with E-state index in [1.807, 2.05) is 6.92 Å². The molecule has 10 rings (SSSR count). The van der Waals surface area contributed by atoms with Crippen molar-refractivity contribution in [3.05, 3.63) is 105 Å². The van der Waals surface area contributed by atoms with Gasteiger partial charge in [-0.3, -0.25) is 25.0 Å². The van der Waals surface area contributed by atoms with Crippen LogP contribution in [0.3, 0.4) is 0 Å². The number of phenolic OH excluding ortho intramolecular Hbond substituents is 1. The Morgan fingerprint density at radius 1 is 0.495 bits per heavy atom. The van der Waals surface area contributed by atoms with Crippen LogP contribution in [-0.2, 0) is 76.0 Å². The predicted molar refractivity (Wildman–Crippen MR) is 359 cm³/mol. The van der Waals surface area contributed by atoms with E-state index in [0.717, 1.165) is 95.6 Å². The Bertz CT molecular complexity index is 3010. The molecule has 1 N–H and O–H groups in total. The standard InChI is InChI=1S/C34H47NO13.C18H31BrO6.C16H17NO7.CH2O3.2K.H/c1-23-28(46-34(39-3)33(48-30-16-7-9-18-43-30)31(23)47-29-15-6-8-17-42-29)21-44-32-26(13-10-14-27(32)45-22-38-2)41-20-19-40-25-12-5-4-11-24(25)35(36)37;1-12-13(11-19)23-18(20-2)17(25-15-8-4-6-10-22-15)16(12)24-14-7-3-5-9-21-14;1-21-11-24-15-8-4-7-14(16(15)18)23-10-9-22-13-6-3-2-5-12(13)17(19)20;2-1-4-3;;;/h4-5,10-14,23,28-31,33-34H,6-9,15-22H2,1-3H3;12-18H,3-11H2,1-2H3;2-8,18H,9-11H2,1H3;1,3H;;;/q;;;;2*+1;-1/p-1/t23-,28?,29?,30?,31+,33-,34?;12-,13?,14?,15?,16+,17-,18?;;;;;/m11...../s1. The van der Waals surface area contributed by atoms with Gasteiger partial charge in [-0.15, -0.1) is 0 Å². The third-order valence-corrected chi connectivity index (χ3v) is 17.4. The fraction of sp³-hybridized carbons (Fsp3) is 0.638. The average Bonchev–Trinajstić information content (AvgIpc) is 0.794. The molecule has 566 valence electrons. The Balaban J connectivity index is 0.000000345. The minimum atomic E-state index is -0.746. The van der Waals surface area contributed by atoms with Crippen LogP contribution >= 0.6 is 15.9 Å². The maximum Gasteiger partial charge on any atom is 1.00 e. The molecule has 6 aliphatic rings. The molecule has 0 radical (unpaired) electrons. The number of rotatable bonds is 33. The van der Waals surface area contributed by atoms with Crippen LogP contribution in [0, 0.1) is 32.1 Å². The number of hydrogen-bond donors (Lipinski definition) is 1. The van der Waals surface area contributed by atoms with E-state index in [4.69, 9.17) is 110 Å². The number of carbonyl (C=O) groups is 1. The first-order valence-electron chi connectivity index (χ1n) is 33.8. The number of nitro benzene ring substituents is 2. The van der Waals surface area contributed by atoms with E-state index in [1.54, 1.807) is 80.9 Å². The molecular weight excluding hydrogens is 1480 g/mol. The summed E-state index contributed by atoms with van der Waals surface area (Å²) >= 11 is 3.55. The quantitative estimate of drug-likeness (QED) is 0.0104. The fourth-order valence-corrected chi connectivity index (χ4v) is 12.3. The first kappa shape index (κ1) is 90.3. The Morgan fingerprint density at radius 3 is 1.21 bits per heavy atom. The zero-order valence-electron chi connectivity index (χ0n) is 60.9. The molecule has 4 aromatic rings. The number of nitro groups is 2. The molecule has 0 amide bonds. The molecule has 0 bridgehead atoms. The largest absolute Gasteiger partial charge is 1.00 e. The summed E-state index contributed by atoms with van der Waals surface area (Å²) in [5.41, 5.74) is -0.237. The van der Waals surface area contributed by atoms with E-state index in [2.05, 4.69) is 27.7 Å². The van der Waals surface area contributed by atoms with Gasteiger partial charge in [0.15, 0.2) is 85.8 Å². The molecule has 0 aromatic heterocycles. The first-order chi connectivity index (χ1) is 49.2. The molecule has 6 fully saturated rings. The second-order valence-electron chi connectivity index (χ2n) is 23.7. The number of para-hydroxylation sites is 6. The second kappa shape index (κ2) is 51.2. The summed E-state index contributed by atoms with van der Waals surface area (Å²) in [6.07, 6.45) is 7.62. The van der Waals surface area contributed by atoms with E-state index in [0.29, 0.717) is 30.5 Å². The summed E-state index contributed by atoms with van der Waals surface area (Å²) in [5, 5.41) is 41.4. The molecule has 0 aliphatic carbocycles. The number of halogens is 1. The number of phenols is 1. The predicted octanol–water partition coefficient (Wildman–Crippen LogP) is 3.75. The molecule has 6 aliphatic heterocycles. The third-order valence-electron chi connectivity index (χ3n) is 16.7. The number of hydrogen-bond acceptors (Lipinski definition) is 29. The van der Waals surface area contributed by atoms with Gasteiger partial charge in [0.2, 0.25) is 11.5 Å². The number of nitrogens with zero attached hydrogens (tertiary/aromatic N) is 2.